The lowest BCUT2D eigenvalue weighted by Crippen LogP contribution is -2.35. The van der Waals surface area contributed by atoms with Crippen molar-refractivity contribution < 1.29 is 14.8 Å². The number of hydrogen-bond donors (Lipinski definition) is 1. The molecule has 3 rings (SSSR count). The van der Waals surface area contributed by atoms with Gasteiger partial charge in [0, 0.05) is 13.1 Å². The molecule has 0 radical (unpaired) electrons. The monoisotopic (exact) mass is 301 g/mol. The minimum absolute atomic E-state index is 0.00364. The standard InChI is InChI=1S/C15H15N3O4/c16-7-10-3-1-5-12(13(10)18(21)22)17-8-11-4-2-6-15(11,9-17)14(19)20/h1,3,5,11H,2,4,6,8-9H2,(H,19,20)/t11-,15+/m0/s1. The van der Waals surface area contributed by atoms with Gasteiger partial charge >= 0.3 is 11.7 Å². The van der Waals surface area contributed by atoms with E-state index >= 15 is 0 Å². The molecule has 0 amide bonds. The zero-order valence-electron chi connectivity index (χ0n) is 11.9. The molecule has 1 heterocycles. The van der Waals surface area contributed by atoms with E-state index < -0.39 is 16.3 Å². The first-order valence-electron chi connectivity index (χ1n) is 7.15. The summed E-state index contributed by atoms with van der Waals surface area (Å²) in [6.45, 7) is 0.755. The molecule has 22 heavy (non-hydrogen) atoms. The highest BCUT2D eigenvalue weighted by molar-refractivity contribution is 5.79. The molecule has 114 valence electrons. The van der Waals surface area contributed by atoms with Crippen molar-refractivity contribution in [3.05, 3.63) is 33.9 Å². The third-order valence-corrected chi connectivity index (χ3v) is 4.96. The molecule has 1 saturated carbocycles. The maximum Gasteiger partial charge on any atom is 0.311 e. The summed E-state index contributed by atoms with van der Waals surface area (Å²) < 4.78 is 0. The molecular weight excluding hydrogens is 286 g/mol. The number of hydrogen-bond acceptors (Lipinski definition) is 5. The van der Waals surface area contributed by atoms with Crippen LogP contribution in [0.25, 0.3) is 0 Å². The van der Waals surface area contributed by atoms with Gasteiger partial charge in [0.2, 0.25) is 0 Å². The van der Waals surface area contributed by atoms with Gasteiger partial charge < -0.3 is 10.0 Å². The molecule has 0 aromatic heterocycles. The first kappa shape index (κ1) is 14.3. The number of nitro groups is 1. The smallest absolute Gasteiger partial charge is 0.311 e. The van der Waals surface area contributed by atoms with Crippen molar-refractivity contribution in [3.63, 3.8) is 0 Å². The van der Waals surface area contributed by atoms with E-state index in [0.29, 0.717) is 18.7 Å². The Hall–Kier alpha value is -2.62. The number of fused-ring (bicyclic) bond motifs is 1. The van der Waals surface area contributed by atoms with Crippen LogP contribution in [0.2, 0.25) is 0 Å². The Morgan fingerprint density at radius 2 is 2.32 bits per heavy atom. The van der Waals surface area contributed by atoms with E-state index in [9.17, 15) is 20.0 Å². The number of rotatable bonds is 3. The van der Waals surface area contributed by atoms with Gasteiger partial charge in [-0.2, -0.15) is 5.26 Å². The third kappa shape index (κ3) is 1.91. The number of aliphatic carboxylic acids is 1. The van der Waals surface area contributed by atoms with E-state index in [2.05, 4.69) is 0 Å². The Kier molecular flexibility index (Phi) is 3.24. The first-order valence-corrected chi connectivity index (χ1v) is 7.15. The van der Waals surface area contributed by atoms with Crippen LogP contribution < -0.4 is 4.90 Å². The van der Waals surface area contributed by atoms with Crippen LogP contribution in [0.15, 0.2) is 18.2 Å². The average molecular weight is 301 g/mol. The minimum Gasteiger partial charge on any atom is -0.481 e. The highest BCUT2D eigenvalue weighted by atomic mass is 16.6. The Morgan fingerprint density at radius 3 is 2.91 bits per heavy atom. The second kappa shape index (κ2) is 4.98. The minimum atomic E-state index is -0.823. The summed E-state index contributed by atoms with van der Waals surface area (Å²) in [5.41, 5.74) is -0.690. The molecule has 0 bridgehead atoms. The molecule has 1 N–H and O–H groups in total. The molecule has 1 aliphatic heterocycles. The normalized spacial score (nSPS) is 26.5. The molecule has 7 heteroatoms. The summed E-state index contributed by atoms with van der Waals surface area (Å²) in [5.74, 6) is -0.813. The number of benzene rings is 1. The van der Waals surface area contributed by atoms with Gasteiger partial charge in [0.25, 0.3) is 0 Å². The summed E-state index contributed by atoms with van der Waals surface area (Å²) in [7, 11) is 0. The van der Waals surface area contributed by atoms with Crippen molar-refractivity contribution >= 4 is 17.3 Å². The Morgan fingerprint density at radius 1 is 1.55 bits per heavy atom. The van der Waals surface area contributed by atoms with E-state index in [1.807, 2.05) is 6.07 Å². The number of para-hydroxylation sites is 1. The SMILES string of the molecule is N#Cc1cccc(N2C[C@@H]3CCC[C@@]3(C(=O)O)C2)c1[N+](=O)[O-]. The van der Waals surface area contributed by atoms with Crippen molar-refractivity contribution in [2.75, 3.05) is 18.0 Å². The van der Waals surface area contributed by atoms with E-state index in [0.717, 1.165) is 12.8 Å². The summed E-state index contributed by atoms with van der Waals surface area (Å²) >= 11 is 0. The number of nitro benzene ring substituents is 1. The highest BCUT2D eigenvalue weighted by Crippen LogP contribution is 2.51. The van der Waals surface area contributed by atoms with Crippen molar-refractivity contribution in [2.45, 2.75) is 19.3 Å². The molecular formula is C15H15N3O4. The van der Waals surface area contributed by atoms with Crippen LogP contribution in [-0.2, 0) is 4.79 Å². The molecule has 2 aliphatic rings. The fraction of sp³-hybridized carbons (Fsp3) is 0.467. The lowest BCUT2D eigenvalue weighted by molar-refractivity contribution is -0.384. The predicted molar refractivity (Wildman–Crippen MR) is 77.4 cm³/mol. The fourth-order valence-corrected chi connectivity index (χ4v) is 3.89. The van der Waals surface area contributed by atoms with Crippen LogP contribution in [0, 0.1) is 32.8 Å². The van der Waals surface area contributed by atoms with Gasteiger partial charge in [-0.05, 0) is 30.9 Å². The Labute approximate surface area is 126 Å². The van der Waals surface area contributed by atoms with E-state index in [1.54, 1.807) is 17.0 Å². The summed E-state index contributed by atoms with van der Waals surface area (Å²) in [6, 6.07) is 6.44. The topological polar surface area (TPSA) is 107 Å². The van der Waals surface area contributed by atoms with Crippen molar-refractivity contribution in [1.29, 1.82) is 5.26 Å². The average Bonchev–Trinajstić information content (AvgIpc) is 3.04. The summed E-state index contributed by atoms with van der Waals surface area (Å²) in [6.07, 6.45) is 2.31. The van der Waals surface area contributed by atoms with Gasteiger partial charge in [0.05, 0.1) is 10.3 Å². The number of nitrogens with zero attached hydrogens (tertiary/aromatic N) is 3. The molecule has 1 saturated heterocycles. The van der Waals surface area contributed by atoms with Gasteiger partial charge in [0.1, 0.15) is 17.3 Å². The third-order valence-electron chi connectivity index (χ3n) is 4.96. The van der Waals surface area contributed by atoms with Crippen molar-refractivity contribution in [2.24, 2.45) is 11.3 Å². The fourth-order valence-electron chi connectivity index (χ4n) is 3.89. The number of carbonyl (C=O) groups is 1. The number of anilines is 1. The lowest BCUT2D eigenvalue weighted by Gasteiger charge is -2.24. The zero-order chi connectivity index (χ0) is 15.9. The van der Waals surface area contributed by atoms with Crippen molar-refractivity contribution in [3.8, 4) is 6.07 Å². The molecule has 2 fully saturated rings. The molecule has 0 unspecified atom stereocenters. The zero-order valence-corrected chi connectivity index (χ0v) is 11.9. The molecule has 0 spiro atoms. The molecule has 1 aliphatic carbocycles. The van der Waals surface area contributed by atoms with Gasteiger partial charge in [-0.15, -0.1) is 0 Å². The van der Waals surface area contributed by atoms with E-state index in [-0.39, 0.29) is 23.7 Å². The van der Waals surface area contributed by atoms with Gasteiger partial charge in [-0.3, -0.25) is 14.9 Å². The first-order chi connectivity index (χ1) is 10.5. The second-order valence-corrected chi connectivity index (χ2v) is 5.97. The highest BCUT2D eigenvalue weighted by Gasteiger charge is 2.55. The van der Waals surface area contributed by atoms with Crippen LogP contribution in [0.4, 0.5) is 11.4 Å². The van der Waals surface area contributed by atoms with Crippen LogP contribution in [0.1, 0.15) is 24.8 Å². The van der Waals surface area contributed by atoms with Crippen LogP contribution >= 0.6 is 0 Å². The van der Waals surface area contributed by atoms with Crippen LogP contribution in [-0.4, -0.2) is 29.1 Å². The van der Waals surface area contributed by atoms with Gasteiger partial charge in [-0.25, -0.2) is 0 Å². The van der Waals surface area contributed by atoms with E-state index in [1.165, 1.54) is 6.07 Å². The lowest BCUT2D eigenvalue weighted by atomic mass is 9.81. The largest absolute Gasteiger partial charge is 0.481 e. The quantitative estimate of drug-likeness (QED) is 0.677. The Bertz CT molecular complexity index is 697. The molecule has 2 atom stereocenters. The summed E-state index contributed by atoms with van der Waals surface area (Å²) in [5, 5.41) is 30.0. The molecule has 1 aromatic carbocycles. The second-order valence-electron chi connectivity index (χ2n) is 5.97. The maximum atomic E-state index is 11.7. The van der Waals surface area contributed by atoms with Crippen molar-refractivity contribution in [1.82, 2.24) is 0 Å². The molecule has 1 aromatic rings. The predicted octanol–water partition coefficient (Wildman–Crippen LogP) is 2.16. The van der Waals surface area contributed by atoms with E-state index in [4.69, 9.17) is 5.26 Å². The Balaban J connectivity index is 2.03. The van der Waals surface area contributed by atoms with Crippen LogP contribution in [0.3, 0.4) is 0 Å². The van der Waals surface area contributed by atoms with Crippen LogP contribution in [0.5, 0.6) is 0 Å². The maximum absolute atomic E-state index is 11.7. The summed E-state index contributed by atoms with van der Waals surface area (Å²) in [4.78, 5) is 24.2. The van der Waals surface area contributed by atoms with Gasteiger partial charge in [0.15, 0.2) is 0 Å². The molecule has 7 nitrogen and oxygen atoms in total. The number of carboxylic acid groups (broad SMARTS) is 1. The number of carboxylic acids is 1. The number of nitriles is 1. The van der Waals surface area contributed by atoms with Gasteiger partial charge in [-0.1, -0.05) is 12.5 Å².